The van der Waals surface area contributed by atoms with Crippen LogP contribution in [0.5, 0.6) is 0 Å². The molecule has 108 valence electrons. The molecule has 3 N–H and O–H groups in total. The third kappa shape index (κ3) is 4.07. The smallest absolute Gasteiger partial charge is 0.277 e. The maximum atomic E-state index is 5.68. The monoisotopic (exact) mass is 356 g/mol. The van der Waals surface area contributed by atoms with E-state index in [4.69, 9.17) is 4.42 Å². The van der Waals surface area contributed by atoms with E-state index in [1.54, 1.807) is 11.8 Å². The molecular formula is C14H19BrN3OS+. The molecule has 0 saturated heterocycles. The van der Waals surface area contributed by atoms with E-state index < -0.39 is 0 Å². The molecule has 1 aromatic carbocycles. The normalized spacial score (nSPS) is 14.2. The van der Waals surface area contributed by atoms with Crippen LogP contribution in [-0.2, 0) is 5.75 Å². The first kappa shape index (κ1) is 15.5. The van der Waals surface area contributed by atoms with Crippen molar-refractivity contribution in [3.8, 4) is 0 Å². The molecule has 0 aliphatic carbocycles. The number of rotatable bonds is 6. The molecule has 0 amide bonds. The third-order valence-corrected chi connectivity index (χ3v) is 4.76. The Labute approximate surface area is 131 Å². The zero-order chi connectivity index (χ0) is 14.5. The van der Waals surface area contributed by atoms with Crippen molar-refractivity contribution in [2.75, 3.05) is 0 Å². The Hall–Kier alpha value is -0.850. The third-order valence-electron chi connectivity index (χ3n) is 3.35. The Balaban J connectivity index is 1.94. The molecule has 20 heavy (non-hydrogen) atoms. The van der Waals surface area contributed by atoms with Crippen molar-refractivity contribution in [3.05, 3.63) is 40.2 Å². The fourth-order valence-electron chi connectivity index (χ4n) is 1.68. The largest absolute Gasteiger partial charge is 0.410 e. The summed E-state index contributed by atoms with van der Waals surface area (Å²) in [6, 6.07) is 8.29. The number of benzene rings is 1. The lowest BCUT2D eigenvalue weighted by molar-refractivity contribution is -0.444. The summed E-state index contributed by atoms with van der Waals surface area (Å²) >= 11 is 4.98. The number of nitrogens with zero attached hydrogens (tertiary/aromatic N) is 2. The topological polar surface area (TPSA) is 66.6 Å². The summed E-state index contributed by atoms with van der Waals surface area (Å²) < 4.78 is 6.77. The standard InChI is InChI=1S/C14H18BrN3OS/c1-3-9(2)12(16)13-17-18-14(19-13)20-8-10-4-6-11(15)7-5-10/h4-7,9,12H,3,8,16H2,1-2H3/p+1/t9-,12-/m0/s1. The summed E-state index contributed by atoms with van der Waals surface area (Å²) in [6.45, 7) is 4.29. The SMILES string of the molecule is CC[C@H](C)[C@H]([NH3+])c1nnc(SCc2ccc(Br)cc2)o1. The van der Waals surface area contributed by atoms with Gasteiger partial charge < -0.3 is 10.2 Å². The molecule has 0 aliphatic rings. The van der Waals surface area contributed by atoms with Crippen LogP contribution < -0.4 is 5.73 Å². The van der Waals surface area contributed by atoms with Crippen LogP contribution in [0.3, 0.4) is 0 Å². The van der Waals surface area contributed by atoms with Crippen LogP contribution in [0.15, 0.2) is 38.4 Å². The average molecular weight is 357 g/mol. The first-order valence-corrected chi connectivity index (χ1v) is 8.41. The van der Waals surface area contributed by atoms with Gasteiger partial charge in [-0.15, -0.1) is 10.2 Å². The van der Waals surface area contributed by atoms with Crippen molar-refractivity contribution in [2.24, 2.45) is 5.92 Å². The Morgan fingerprint density at radius 1 is 1.30 bits per heavy atom. The highest BCUT2D eigenvalue weighted by Crippen LogP contribution is 2.25. The Morgan fingerprint density at radius 2 is 2.00 bits per heavy atom. The van der Waals surface area contributed by atoms with Crippen LogP contribution in [0.25, 0.3) is 0 Å². The maximum absolute atomic E-state index is 5.68. The van der Waals surface area contributed by atoms with E-state index in [-0.39, 0.29) is 6.04 Å². The molecule has 2 atom stereocenters. The van der Waals surface area contributed by atoms with Crippen molar-refractivity contribution < 1.29 is 10.2 Å². The molecule has 0 spiro atoms. The lowest BCUT2D eigenvalue weighted by atomic mass is 10.0. The summed E-state index contributed by atoms with van der Waals surface area (Å²) in [6.07, 6.45) is 1.05. The summed E-state index contributed by atoms with van der Waals surface area (Å²) in [4.78, 5) is 0. The first-order valence-electron chi connectivity index (χ1n) is 6.64. The number of quaternary nitrogens is 1. The van der Waals surface area contributed by atoms with Crippen LogP contribution in [0.4, 0.5) is 0 Å². The van der Waals surface area contributed by atoms with E-state index in [1.807, 2.05) is 12.1 Å². The molecule has 1 aromatic heterocycles. The van der Waals surface area contributed by atoms with Crippen molar-refractivity contribution in [1.82, 2.24) is 10.2 Å². The lowest BCUT2D eigenvalue weighted by Gasteiger charge is -2.09. The van der Waals surface area contributed by atoms with Gasteiger partial charge >= 0.3 is 0 Å². The fraction of sp³-hybridized carbons (Fsp3) is 0.429. The molecule has 0 aliphatic heterocycles. The summed E-state index contributed by atoms with van der Waals surface area (Å²) in [5.41, 5.74) is 5.34. The molecule has 0 saturated carbocycles. The fourth-order valence-corrected chi connectivity index (χ4v) is 2.67. The molecule has 1 heterocycles. The summed E-state index contributed by atoms with van der Waals surface area (Å²) in [5, 5.41) is 8.80. The van der Waals surface area contributed by atoms with Crippen LogP contribution in [0.2, 0.25) is 0 Å². The quantitative estimate of drug-likeness (QED) is 0.804. The van der Waals surface area contributed by atoms with E-state index in [0.717, 1.165) is 16.6 Å². The maximum Gasteiger partial charge on any atom is 0.277 e. The predicted octanol–water partition coefficient (Wildman–Crippen LogP) is 3.45. The Morgan fingerprint density at radius 3 is 2.65 bits per heavy atom. The highest BCUT2D eigenvalue weighted by Gasteiger charge is 2.23. The molecular weight excluding hydrogens is 338 g/mol. The van der Waals surface area contributed by atoms with Gasteiger partial charge in [0.2, 0.25) is 0 Å². The molecule has 0 unspecified atom stereocenters. The number of aromatic nitrogens is 2. The van der Waals surface area contributed by atoms with Crippen LogP contribution in [0.1, 0.15) is 37.8 Å². The van der Waals surface area contributed by atoms with Gasteiger partial charge in [0, 0.05) is 16.1 Å². The number of halogens is 1. The first-order chi connectivity index (χ1) is 9.60. The van der Waals surface area contributed by atoms with E-state index in [2.05, 4.69) is 57.8 Å². The highest BCUT2D eigenvalue weighted by atomic mass is 79.9. The van der Waals surface area contributed by atoms with Crippen LogP contribution in [-0.4, -0.2) is 10.2 Å². The van der Waals surface area contributed by atoms with Crippen LogP contribution in [0, 0.1) is 5.92 Å². The predicted molar refractivity (Wildman–Crippen MR) is 83.1 cm³/mol. The molecule has 0 bridgehead atoms. The number of thioether (sulfide) groups is 1. The van der Waals surface area contributed by atoms with Gasteiger partial charge in [0.05, 0.1) is 0 Å². The zero-order valence-electron chi connectivity index (χ0n) is 11.7. The Kier molecular flexibility index (Phi) is 5.63. The number of hydrogen-bond donors (Lipinski definition) is 1. The lowest BCUT2D eigenvalue weighted by Crippen LogP contribution is -2.56. The second kappa shape index (κ2) is 7.24. The molecule has 6 heteroatoms. The van der Waals surface area contributed by atoms with Crippen LogP contribution >= 0.6 is 27.7 Å². The van der Waals surface area contributed by atoms with E-state index in [1.165, 1.54) is 5.56 Å². The van der Waals surface area contributed by atoms with Gasteiger partial charge in [0.25, 0.3) is 11.1 Å². The van der Waals surface area contributed by atoms with Gasteiger partial charge in [-0.2, -0.15) is 0 Å². The van der Waals surface area contributed by atoms with E-state index in [9.17, 15) is 0 Å². The highest BCUT2D eigenvalue weighted by molar-refractivity contribution is 9.10. The van der Waals surface area contributed by atoms with Crippen molar-refractivity contribution >= 4 is 27.7 Å². The molecule has 0 radical (unpaired) electrons. The van der Waals surface area contributed by atoms with Gasteiger partial charge in [0.1, 0.15) is 0 Å². The summed E-state index contributed by atoms with van der Waals surface area (Å²) in [7, 11) is 0. The zero-order valence-corrected chi connectivity index (χ0v) is 14.1. The molecule has 2 aromatic rings. The second-order valence-electron chi connectivity index (χ2n) is 4.81. The van der Waals surface area contributed by atoms with Crippen molar-refractivity contribution in [2.45, 2.75) is 37.3 Å². The molecule has 4 nitrogen and oxygen atoms in total. The van der Waals surface area contributed by atoms with Crippen molar-refractivity contribution in [1.29, 1.82) is 0 Å². The molecule has 0 fully saturated rings. The average Bonchev–Trinajstić information content (AvgIpc) is 2.94. The van der Waals surface area contributed by atoms with Gasteiger partial charge in [0.15, 0.2) is 6.04 Å². The minimum Gasteiger partial charge on any atom is -0.410 e. The Bertz CT molecular complexity index is 544. The van der Waals surface area contributed by atoms with Gasteiger partial charge in [-0.1, -0.05) is 53.7 Å². The van der Waals surface area contributed by atoms with E-state index in [0.29, 0.717) is 17.0 Å². The van der Waals surface area contributed by atoms with Gasteiger partial charge in [-0.05, 0) is 24.1 Å². The summed E-state index contributed by atoms with van der Waals surface area (Å²) in [5.74, 6) is 1.90. The van der Waals surface area contributed by atoms with E-state index >= 15 is 0 Å². The minimum absolute atomic E-state index is 0.0644. The second-order valence-corrected chi connectivity index (χ2v) is 6.66. The van der Waals surface area contributed by atoms with Gasteiger partial charge in [-0.3, -0.25) is 0 Å². The number of hydrogen-bond acceptors (Lipinski definition) is 4. The van der Waals surface area contributed by atoms with Crippen molar-refractivity contribution in [3.63, 3.8) is 0 Å². The van der Waals surface area contributed by atoms with Gasteiger partial charge in [-0.25, -0.2) is 0 Å². The molecule has 2 rings (SSSR count). The minimum atomic E-state index is 0.0644.